The van der Waals surface area contributed by atoms with Crippen LogP contribution in [-0.2, 0) is 21.0 Å². The highest BCUT2D eigenvalue weighted by molar-refractivity contribution is 7.89. The zero-order valence-corrected chi connectivity index (χ0v) is 16.1. The smallest absolute Gasteiger partial charge is 0.355 e. The molecule has 0 spiro atoms. The molecule has 2 rings (SSSR count). The summed E-state index contributed by atoms with van der Waals surface area (Å²) in [6, 6.07) is 3.36. The summed E-state index contributed by atoms with van der Waals surface area (Å²) in [7, 11) is -4.02. The van der Waals surface area contributed by atoms with Crippen molar-refractivity contribution >= 4 is 15.9 Å². The van der Waals surface area contributed by atoms with Gasteiger partial charge in [0.05, 0.1) is 16.5 Å². The van der Waals surface area contributed by atoms with Crippen LogP contribution in [0.2, 0.25) is 0 Å². The molecule has 0 aromatic heterocycles. The fraction of sp³-hybridized carbons (Fsp3) is 0.588. The fourth-order valence-corrected chi connectivity index (χ4v) is 4.34. The zero-order valence-electron chi connectivity index (χ0n) is 15.3. The molecule has 0 aliphatic carbocycles. The molecule has 0 saturated carbocycles. The molecule has 1 heterocycles. The van der Waals surface area contributed by atoms with Crippen molar-refractivity contribution in [3.8, 4) is 0 Å². The van der Waals surface area contributed by atoms with Crippen LogP contribution in [0.5, 0.6) is 0 Å². The van der Waals surface area contributed by atoms with Crippen molar-refractivity contribution in [1.29, 1.82) is 0 Å². The van der Waals surface area contributed by atoms with Crippen molar-refractivity contribution in [2.24, 2.45) is 0 Å². The molecule has 27 heavy (non-hydrogen) atoms. The third-order valence-electron chi connectivity index (χ3n) is 4.55. The maximum absolute atomic E-state index is 12.8. The Bertz CT molecular complexity index is 760. The summed E-state index contributed by atoms with van der Waals surface area (Å²) in [5, 5.41) is 2.80. The number of alkyl halides is 3. The molecule has 1 aliphatic heterocycles. The molecule has 0 radical (unpaired) electrons. The summed E-state index contributed by atoms with van der Waals surface area (Å²) < 4.78 is 65.1. The van der Waals surface area contributed by atoms with Crippen LogP contribution in [0.1, 0.15) is 25.8 Å². The van der Waals surface area contributed by atoms with E-state index in [2.05, 4.69) is 5.32 Å². The van der Waals surface area contributed by atoms with E-state index in [4.69, 9.17) is 0 Å². The van der Waals surface area contributed by atoms with Crippen molar-refractivity contribution in [3.63, 3.8) is 0 Å². The lowest BCUT2D eigenvalue weighted by Gasteiger charge is -2.36. The van der Waals surface area contributed by atoms with E-state index in [0.717, 1.165) is 28.9 Å². The van der Waals surface area contributed by atoms with Crippen molar-refractivity contribution in [3.05, 3.63) is 29.8 Å². The number of carbonyl (C=O) groups is 1. The fourth-order valence-electron chi connectivity index (χ4n) is 2.87. The van der Waals surface area contributed by atoms with Crippen LogP contribution >= 0.6 is 0 Å². The number of rotatable bonds is 6. The SMILES string of the molecule is CCCNC(=O)C(C)N1CCN(S(=O)(=O)c2cccc(C(F)(F)F)c2)CC1. The van der Waals surface area contributed by atoms with E-state index in [9.17, 15) is 26.4 Å². The Kier molecular flexibility index (Phi) is 6.87. The van der Waals surface area contributed by atoms with Gasteiger partial charge in [0, 0.05) is 32.7 Å². The van der Waals surface area contributed by atoms with Crippen LogP contribution in [0.15, 0.2) is 29.2 Å². The summed E-state index contributed by atoms with van der Waals surface area (Å²) in [5.74, 6) is -0.119. The summed E-state index contributed by atoms with van der Waals surface area (Å²) in [4.78, 5) is 13.5. The first-order valence-electron chi connectivity index (χ1n) is 8.76. The highest BCUT2D eigenvalue weighted by Gasteiger charge is 2.35. The molecular formula is C17H24F3N3O3S. The average Bonchev–Trinajstić information content (AvgIpc) is 2.65. The first-order chi connectivity index (χ1) is 12.6. The minimum Gasteiger partial charge on any atom is -0.355 e. The maximum Gasteiger partial charge on any atom is 0.416 e. The normalized spacial score (nSPS) is 18.3. The van der Waals surface area contributed by atoms with Crippen LogP contribution in [0.25, 0.3) is 0 Å². The van der Waals surface area contributed by atoms with Crippen molar-refractivity contribution < 1.29 is 26.4 Å². The van der Waals surface area contributed by atoms with Gasteiger partial charge in [-0.15, -0.1) is 0 Å². The monoisotopic (exact) mass is 407 g/mol. The van der Waals surface area contributed by atoms with E-state index in [-0.39, 0.29) is 23.9 Å². The van der Waals surface area contributed by atoms with Gasteiger partial charge in [0.1, 0.15) is 0 Å². The second kappa shape index (κ2) is 8.57. The van der Waals surface area contributed by atoms with Gasteiger partial charge in [-0.2, -0.15) is 17.5 Å². The number of nitrogens with zero attached hydrogens (tertiary/aromatic N) is 2. The van der Waals surface area contributed by atoms with E-state index in [0.29, 0.717) is 25.7 Å². The predicted octanol–water partition coefficient (Wildman–Crippen LogP) is 1.93. The van der Waals surface area contributed by atoms with Crippen molar-refractivity contribution in [1.82, 2.24) is 14.5 Å². The molecule has 6 nitrogen and oxygen atoms in total. The Labute approximate surface area is 157 Å². The molecule has 0 bridgehead atoms. The lowest BCUT2D eigenvalue weighted by atomic mass is 10.2. The van der Waals surface area contributed by atoms with Crippen molar-refractivity contribution in [2.75, 3.05) is 32.7 Å². The topological polar surface area (TPSA) is 69.7 Å². The number of nitrogens with one attached hydrogen (secondary N) is 1. The van der Waals surface area contributed by atoms with E-state index in [1.807, 2.05) is 11.8 Å². The summed E-state index contributed by atoms with van der Waals surface area (Å²) >= 11 is 0. The Balaban J connectivity index is 2.06. The zero-order chi connectivity index (χ0) is 20.2. The number of benzene rings is 1. The average molecular weight is 407 g/mol. The third kappa shape index (κ3) is 5.20. The number of halogens is 3. The molecule has 1 aromatic carbocycles. The lowest BCUT2D eigenvalue weighted by molar-refractivity contribution is -0.137. The Morgan fingerprint density at radius 2 is 1.85 bits per heavy atom. The van der Waals surface area contributed by atoms with Crippen LogP contribution in [0, 0.1) is 0 Å². The van der Waals surface area contributed by atoms with Gasteiger partial charge in [-0.1, -0.05) is 13.0 Å². The molecule has 1 atom stereocenters. The van der Waals surface area contributed by atoms with Gasteiger partial charge in [-0.25, -0.2) is 8.42 Å². The third-order valence-corrected chi connectivity index (χ3v) is 6.44. The molecule has 1 N–H and O–H groups in total. The van der Waals surface area contributed by atoms with Gasteiger partial charge in [0.25, 0.3) is 0 Å². The molecule has 1 unspecified atom stereocenters. The maximum atomic E-state index is 12.8. The quantitative estimate of drug-likeness (QED) is 0.782. The number of carbonyl (C=O) groups excluding carboxylic acids is 1. The minimum absolute atomic E-state index is 0.115. The number of sulfonamides is 1. The second-order valence-corrected chi connectivity index (χ2v) is 8.37. The Morgan fingerprint density at radius 3 is 2.41 bits per heavy atom. The number of amides is 1. The van der Waals surface area contributed by atoms with Crippen molar-refractivity contribution in [2.45, 2.75) is 37.4 Å². The van der Waals surface area contributed by atoms with Gasteiger partial charge in [0.15, 0.2) is 0 Å². The Morgan fingerprint density at radius 1 is 1.22 bits per heavy atom. The van der Waals surface area contributed by atoms with E-state index in [1.54, 1.807) is 6.92 Å². The van der Waals surface area contributed by atoms with Crippen LogP contribution in [0.3, 0.4) is 0 Å². The van der Waals surface area contributed by atoms with Crippen LogP contribution < -0.4 is 5.32 Å². The molecule has 10 heteroatoms. The number of hydrogen-bond acceptors (Lipinski definition) is 4. The highest BCUT2D eigenvalue weighted by Crippen LogP contribution is 2.31. The minimum atomic E-state index is -4.61. The molecule has 1 aromatic rings. The largest absolute Gasteiger partial charge is 0.416 e. The molecule has 1 saturated heterocycles. The highest BCUT2D eigenvalue weighted by atomic mass is 32.2. The van der Waals surface area contributed by atoms with Crippen LogP contribution in [-0.4, -0.2) is 62.3 Å². The molecule has 152 valence electrons. The molecule has 1 amide bonds. The Hall–Kier alpha value is -1.65. The predicted molar refractivity (Wildman–Crippen MR) is 94.5 cm³/mol. The lowest BCUT2D eigenvalue weighted by Crippen LogP contribution is -2.54. The summed E-state index contributed by atoms with van der Waals surface area (Å²) in [6.07, 6.45) is -3.78. The standard InChI is InChI=1S/C17H24F3N3O3S/c1-3-7-21-16(24)13(2)22-8-10-23(11-9-22)27(25,26)15-6-4-5-14(12-15)17(18,19)20/h4-6,12-13H,3,7-11H2,1-2H3,(H,21,24). The first-order valence-corrected chi connectivity index (χ1v) is 10.2. The van der Waals surface area contributed by atoms with E-state index < -0.39 is 27.8 Å². The molecule has 1 fully saturated rings. The van der Waals surface area contributed by atoms with Gasteiger partial charge >= 0.3 is 6.18 Å². The van der Waals surface area contributed by atoms with Crippen LogP contribution in [0.4, 0.5) is 13.2 Å². The number of hydrogen-bond donors (Lipinski definition) is 1. The van der Waals surface area contributed by atoms with Gasteiger partial charge in [-0.3, -0.25) is 9.69 Å². The van der Waals surface area contributed by atoms with E-state index >= 15 is 0 Å². The van der Waals surface area contributed by atoms with Gasteiger partial charge in [-0.05, 0) is 31.5 Å². The van der Waals surface area contributed by atoms with Gasteiger partial charge < -0.3 is 5.32 Å². The molecular weight excluding hydrogens is 383 g/mol. The molecule has 1 aliphatic rings. The summed E-state index contributed by atoms with van der Waals surface area (Å²) in [6.45, 7) is 5.17. The number of piperazine rings is 1. The summed E-state index contributed by atoms with van der Waals surface area (Å²) in [5.41, 5.74) is -0.997. The second-order valence-electron chi connectivity index (χ2n) is 6.43. The van der Waals surface area contributed by atoms with Gasteiger partial charge in [0.2, 0.25) is 15.9 Å². The first kappa shape index (κ1) is 21.6. The van der Waals surface area contributed by atoms with E-state index in [1.165, 1.54) is 0 Å².